The largest absolute Gasteiger partial charge is 0.492 e. The highest BCUT2D eigenvalue weighted by Crippen LogP contribution is 2.50. The summed E-state index contributed by atoms with van der Waals surface area (Å²) < 4.78 is 109. The summed E-state index contributed by atoms with van der Waals surface area (Å²) in [4.78, 5) is 16.4. The third-order valence-electron chi connectivity index (χ3n) is 5.65. The molecule has 14 heteroatoms. The number of benzene rings is 1. The third-order valence-corrected chi connectivity index (χ3v) is 7.38. The molecule has 0 N–H and O–H groups in total. The summed E-state index contributed by atoms with van der Waals surface area (Å²) in [5.41, 5.74) is -2.11. The maximum atomic E-state index is 13.1. The van der Waals surface area contributed by atoms with Gasteiger partial charge in [-0.15, -0.1) is 0 Å². The van der Waals surface area contributed by atoms with E-state index >= 15 is 0 Å². The van der Waals surface area contributed by atoms with Crippen LogP contribution in [0, 0.1) is 11.8 Å². The molecule has 2 unspecified atom stereocenters. The molecular weight excluding hydrogens is 504 g/mol. The molecule has 3 aromatic rings. The predicted molar refractivity (Wildman–Crippen MR) is 111 cm³/mol. The van der Waals surface area contributed by atoms with Crippen LogP contribution in [0.25, 0.3) is 16.6 Å². The van der Waals surface area contributed by atoms with Crippen molar-refractivity contribution in [2.75, 3.05) is 12.4 Å². The van der Waals surface area contributed by atoms with E-state index in [1.165, 1.54) is 6.92 Å². The summed E-state index contributed by atoms with van der Waals surface area (Å²) in [6.45, 7) is 1.00. The van der Waals surface area contributed by atoms with Crippen LogP contribution in [0.2, 0.25) is 0 Å². The van der Waals surface area contributed by atoms with Gasteiger partial charge in [-0.3, -0.25) is 4.79 Å². The summed E-state index contributed by atoms with van der Waals surface area (Å²) in [5.74, 6) is -3.29. The monoisotopic (exact) mass is 521 g/mol. The number of hydrogen-bond donors (Lipinski definition) is 0. The molecule has 2 atom stereocenters. The van der Waals surface area contributed by atoms with Crippen molar-refractivity contribution in [2.45, 2.75) is 30.6 Å². The molecule has 1 aromatic carbocycles. The fourth-order valence-corrected chi connectivity index (χ4v) is 4.57. The van der Waals surface area contributed by atoms with Gasteiger partial charge in [0.05, 0.1) is 41.6 Å². The Hall–Kier alpha value is -3.16. The number of nitrogens with zero attached hydrogens (tertiary/aromatic N) is 3. The number of hydrogen-bond acceptors (Lipinski definition) is 6. The first-order valence-electron chi connectivity index (χ1n) is 10.2. The minimum Gasteiger partial charge on any atom is -0.492 e. The highest BCUT2D eigenvalue weighted by molar-refractivity contribution is 7.91. The van der Waals surface area contributed by atoms with Gasteiger partial charge in [0.2, 0.25) is 0 Å². The van der Waals surface area contributed by atoms with E-state index in [1.807, 2.05) is 0 Å². The van der Waals surface area contributed by atoms with Gasteiger partial charge >= 0.3 is 12.4 Å². The van der Waals surface area contributed by atoms with Crippen LogP contribution in [0.4, 0.5) is 26.3 Å². The Kier molecular flexibility index (Phi) is 6.06. The van der Waals surface area contributed by atoms with Gasteiger partial charge in [-0.05, 0) is 18.6 Å². The van der Waals surface area contributed by atoms with Crippen LogP contribution >= 0.6 is 0 Å². The van der Waals surface area contributed by atoms with Gasteiger partial charge in [-0.1, -0.05) is 13.0 Å². The number of pyridine rings is 1. The molecule has 0 bridgehead atoms. The third kappa shape index (κ3) is 4.97. The SMILES string of the molecule is CCS(=O)(=O)c1cc(OCC2CC2C(F)(F)F)cnc1-n1ncc2ccc(C(F)(F)F)cc2c1=O. The minimum atomic E-state index is -4.71. The van der Waals surface area contributed by atoms with Crippen molar-refractivity contribution in [3.63, 3.8) is 0 Å². The van der Waals surface area contributed by atoms with Gasteiger partial charge in [-0.2, -0.15) is 36.1 Å². The lowest BCUT2D eigenvalue weighted by Crippen LogP contribution is -2.25. The van der Waals surface area contributed by atoms with Crippen LogP contribution < -0.4 is 10.3 Å². The van der Waals surface area contributed by atoms with Crippen molar-refractivity contribution in [1.29, 1.82) is 0 Å². The molecule has 1 saturated carbocycles. The zero-order valence-corrected chi connectivity index (χ0v) is 18.7. The van der Waals surface area contributed by atoms with Crippen LogP contribution in [-0.2, 0) is 16.0 Å². The van der Waals surface area contributed by atoms with E-state index in [9.17, 15) is 39.6 Å². The number of fused-ring (bicyclic) bond motifs is 1. The van der Waals surface area contributed by atoms with Gasteiger partial charge in [0.25, 0.3) is 5.56 Å². The molecule has 2 heterocycles. The normalized spacial score (nSPS) is 18.6. The summed E-state index contributed by atoms with van der Waals surface area (Å²) >= 11 is 0. The van der Waals surface area contributed by atoms with Gasteiger partial charge in [0.1, 0.15) is 10.6 Å². The number of ether oxygens (including phenoxy) is 1. The van der Waals surface area contributed by atoms with Gasteiger partial charge < -0.3 is 4.74 Å². The molecule has 7 nitrogen and oxygen atoms in total. The highest BCUT2D eigenvalue weighted by atomic mass is 32.2. The molecule has 1 aliphatic carbocycles. The highest BCUT2D eigenvalue weighted by Gasteiger charge is 2.55. The summed E-state index contributed by atoms with van der Waals surface area (Å²) in [6, 6.07) is 3.50. The Balaban J connectivity index is 1.75. The average molecular weight is 521 g/mol. The molecule has 35 heavy (non-hydrogen) atoms. The van der Waals surface area contributed by atoms with Crippen molar-refractivity contribution in [3.05, 3.63) is 52.6 Å². The molecular formula is C21H17F6N3O4S. The second-order valence-electron chi connectivity index (χ2n) is 8.01. The molecule has 0 spiro atoms. The fourth-order valence-electron chi connectivity index (χ4n) is 3.55. The first-order valence-corrected chi connectivity index (χ1v) is 11.9. The maximum absolute atomic E-state index is 13.1. The van der Waals surface area contributed by atoms with Gasteiger partial charge in [0.15, 0.2) is 15.7 Å². The van der Waals surface area contributed by atoms with E-state index in [4.69, 9.17) is 4.74 Å². The number of aromatic nitrogens is 3. The molecule has 2 aromatic heterocycles. The first-order chi connectivity index (χ1) is 16.2. The number of sulfone groups is 1. The zero-order valence-electron chi connectivity index (χ0n) is 17.9. The lowest BCUT2D eigenvalue weighted by molar-refractivity contribution is -0.151. The van der Waals surface area contributed by atoms with Gasteiger partial charge in [0, 0.05) is 17.4 Å². The Bertz CT molecular complexity index is 1450. The van der Waals surface area contributed by atoms with E-state index in [-0.39, 0.29) is 29.5 Å². The maximum Gasteiger partial charge on any atom is 0.416 e. The lowest BCUT2D eigenvalue weighted by atomic mass is 10.1. The Morgan fingerprint density at radius 1 is 1.11 bits per heavy atom. The second-order valence-corrected chi connectivity index (χ2v) is 10.3. The summed E-state index contributed by atoms with van der Waals surface area (Å²) in [7, 11) is -4.06. The second kappa shape index (κ2) is 8.50. The van der Waals surface area contributed by atoms with Crippen molar-refractivity contribution in [2.24, 2.45) is 11.8 Å². The van der Waals surface area contributed by atoms with Crippen molar-refractivity contribution >= 4 is 20.6 Å². The number of rotatable bonds is 6. The van der Waals surface area contributed by atoms with E-state index in [1.54, 1.807) is 0 Å². The lowest BCUT2D eigenvalue weighted by Gasteiger charge is -2.13. The van der Waals surface area contributed by atoms with E-state index in [0.717, 1.165) is 30.6 Å². The summed E-state index contributed by atoms with van der Waals surface area (Å²) in [6.07, 6.45) is -7.06. The number of halogens is 6. The molecule has 188 valence electrons. The molecule has 0 aliphatic heterocycles. The summed E-state index contributed by atoms with van der Waals surface area (Å²) in [5, 5.41) is 3.60. The average Bonchev–Trinajstić information content (AvgIpc) is 3.58. The molecule has 0 saturated heterocycles. The molecule has 4 rings (SSSR count). The first kappa shape index (κ1) is 24.9. The van der Waals surface area contributed by atoms with Crippen LogP contribution in [0.15, 0.2) is 46.3 Å². The standard InChI is InChI=1S/C21H17F6N3O4S/c1-2-35(32,33)17-7-14(34-10-12-5-16(12)21(25,26)27)9-28-18(17)30-19(31)15-6-13(20(22,23)24)4-3-11(15)8-29-30/h3-4,6-9,12,16H,2,5,10H2,1H3. The van der Waals surface area contributed by atoms with Crippen molar-refractivity contribution in [3.8, 4) is 11.6 Å². The van der Waals surface area contributed by atoms with E-state index in [2.05, 4.69) is 10.1 Å². The zero-order chi connectivity index (χ0) is 25.8. The molecule has 1 fully saturated rings. The van der Waals surface area contributed by atoms with Crippen molar-refractivity contribution in [1.82, 2.24) is 14.8 Å². The topological polar surface area (TPSA) is 91.2 Å². The number of alkyl halides is 6. The quantitative estimate of drug-likeness (QED) is 0.453. The van der Waals surface area contributed by atoms with Crippen LogP contribution in [0.1, 0.15) is 18.9 Å². The van der Waals surface area contributed by atoms with Gasteiger partial charge in [-0.25, -0.2) is 13.4 Å². The Morgan fingerprint density at radius 3 is 2.43 bits per heavy atom. The molecule has 0 amide bonds. The van der Waals surface area contributed by atoms with Crippen molar-refractivity contribution < 1.29 is 39.5 Å². The molecule has 0 radical (unpaired) electrons. The Morgan fingerprint density at radius 2 is 1.83 bits per heavy atom. The molecule has 1 aliphatic rings. The van der Waals surface area contributed by atoms with E-state index in [0.29, 0.717) is 10.7 Å². The predicted octanol–water partition coefficient (Wildman–Crippen LogP) is 4.17. The Labute approximate surface area is 194 Å². The minimum absolute atomic E-state index is 0.0998. The van der Waals surface area contributed by atoms with E-state index < -0.39 is 61.6 Å². The van der Waals surface area contributed by atoms with Crippen LogP contribution in [0.3, 0.4) is 0 Å². The van der Waals surface area contributed by atoms with Crippen LogP contribution in [0.5, 0.6) is 5.75 Å². The fraction of sp³-hybridized carbons (Fsp3) is 0.381. The smallest absolute Gasteiger partial charge is 0.416 e. The van der Waals surface area contributed by atoms with Crippen LogP contribution in [-0.4, -0.2) is 41.7 Å².